The molecule has 1 rings (SSSR count). The van der Waals surface area contributed by atoms with E-state index in [2.05, 4.69) is 44.3 Å². The molecule has 0 aliphatic heterocycles. The van der Waals surface area contributed by atoms with Crippen molar-refractivity contribution in [2.45, 2.75) is 33.2 Å². The van der Waals surface area contributed by atoms with Gasteiger partial charge in [-0.2, -0.15) is 0 Å². The number of aryl methyl sites for hydroxylation is 2. The van der Waals surface area contributed by atoms with Gasteiger partial charge in [-0.1, -0.05) is 13.0 Å². The number of benzene rings is 1. The van der Waals surface area contributed by atoms with E-state index in [-0.39, 0.29) is 6.04 Å². The molecule has 3 nitrogen and oxygen atoms in total. The van der Waals surface area contributed by atoms with Crippen LogP contribution in [0.1, 0.15) is 24.5 Å². The molecule has 0 amide bonds. The summed E-state index contributed by atoms with van der Waals surface area (Å²) in [5.74, 6) is 0.948. The zero-order valence-corrected chi connectivity index (χ0v) is 11.1. The molecule has 1 atom stereocenters. The predicted molar refractivity (Wildman–Crippen MR) is 72.5 cm³/mol. The summed E-state index contributed by atoms with van der Waals surface area (Å²) in [4.78, 5) is 0. The second-order valence-electron chi connectivity index (χ2n) is 4.54. The molecule has 0 saturated carbocycles. The maximum atomic E-state index is 5.80. The highest BCUT2D eigenvalue weighted by Gasteiger charge is 1.99. The molecular weight excluding hydrogens is 212 g/mol. The first-order valence-corrected chi connectivity index (χ1v) is 6.29. The van der Waals surface area contributed by atoms with E-state index in [1.165, 1.54) is 11.1 Å². The molecule has 0 bridgehead atoms. The fourth-order valence-electron chi connectivity index (χ4n) is 1.69. The summed E-state index contributed by atoms with van der Waals surface area (Å²) in [5.41, 5.74) is 8.28. The Kier molecular flexibility index (Phi) is 6.01. The van der Waals surface area contributed by atoms with Crippen LogP contribution >= 0.6 is 0 Å². The first-order chi connectivity index (χ1) is 8.11. The zero-order valence-electron chi connectivity index (χ0n) is 11.1. The molecule has 0 saturated heterocycles. The molecule has 1 unspecified atom stereocenters. The Morgan fingerprint density at radius 2 is 1.88 bits per heavy atom. The molecule has 17 heavy (non-hydrogen) atoms. The maximum Gasteiger partial charge on any atom is 0.119 e. The number of hydrogen-bond donors (Lipinski definition) is 2. The minimum atomic E-state index is 0.246. The fraction of sp³-hybridized carbons (Fsp3) is 0.571. The van der Waals surface area contributed by atoms with Crippen molar-refractivity contribution in [1.29, 1.82) is 0 Å². The lowest BCUT2D eigenvalue weighted by Crippen LogP contribution is -2.35. The van der Waals surface area contributed by atoms with Crippen LogP contribution in [-0.2, 0) is 0 Å². The molecule has 0 radical (unpaired) electrons. The SMILES string of the molecule is CCC(N)CNCCOc1cc(C)cc(C)c1. The third kappa shape index (κ3) is 5.71. The number of hydrogen-bond acceptors (Lipinski definition) is 3. The first-order valence-electron chi connectivity index (χ1n) is 6.29. The highest BCUT2D eigenvalue weighted by atomic mass is 16.5. The van der Waals surface area contributed by atoms with Crippen LogP contribution in [-0.4, -0.2) is 25.7 Å². The van der Waals surface area contributed by atoms with E-state index in [0.717, 1.165) is 25.3 Å². The number of nitrogens with two attached hydrogens (primary N) is 1. The lowest BCUT2D eigenvalue weighted by molar-refractivity contribution is 0.312. The molecule has 0 aliphatic rings. The van der Waals surface area contributed by atoms with Crippen LogP contribution in [0.5, 0.6) is 5.75 Å². The van der Waals surface area contributed by atoms with E-state index in [0.29, 0.717) is 6.61 Å². The smallest absolute Gasteiger partial charge is 0.119 e. The Morgan fingerprint density at radius 1 is 1.24 bits per heavy atom. The Balaban J connectivity index is 2.22. The molecule has 1 aromatic rings. The standard InChI is InChI=1S/C14H24N2O/c1-4-13(15)10-16-5-6-17-14-8-11(2)7-12(3)9-14/h7-9,13,16H,4-6,10,15H2,1-3H3. The Morgan fingerprint density at radius 3 is 2.47 bits per heavy atom. The van der Waals surface area contributed by atoms with Crippen LogP contribution in [0.4, 0.5) is 0 Å². The van der Waals surface area contributed by atoms with Gasteiger partial charge in [-0.15, -0.1) is 0 Å². The minimum Gasteiger partial charge on any atom is -0.492 e. The lowest BCUT2D eigenvalue weighted by atomic mass is 10.1. The Bertz CT molecular complexity index is 319. The van der Waals surface area contributed by atoms with Crippen molar-refractivity contribution in [2.24, 2.45) is 5.73 Å². The van der Waals surface area contributed by atoms with Gasteiger partial charge in [0.2, 0.25) is 0 Å². The largest absolute Gasteiger partial charge is 0.492 e. The molecular formula is C14H24N2O. The third-order valence-corrected chi connectivity index (χ3v) is 2.67. The summed E-state index contributed by atoms with van der Waals surface area (Å²) >= 11 is 0. The molecule has 0 aliphatic carbocycles. The van der Waals surface area contributed by atoms with Gasteiger partial charge in [0.15, 0.2) is 0 Å². The van der Waals surface area contributed by atoms with E-state index in [1.807, 2.05) is 0 Å². The van der Waals surface area contributed by atoms with Gasteiger partial charge in [0.05, 0.1) is 0 Å². The fourth-order valence-corrected chi connectivity index (χ4v) is 1.69. The normalized spacial score (nSPS) is 12.5. The van der Waals surface area contributed by atoms with Crippen LogP contribution in [0.2, 0.25) is 0 Å². The summed E-state index contributed by atoms with van der Waals surface area (Å²) in [7, 11) is 0. The third-order valence-electron chi connectivity index (χ3n) is 2.67. The second kappa shape index (κ2) is 7.30. The molecule has 1 aromatic carbocycles. The average Bonchev–Trinajstić information content (AvgIpc) is 2.27. The molecule has 0 fully saturated rings. The first kappa shape index (κ1) is 14.0. The van der Waals surface area contributed by atoms with Crippen molar-refractivity contribution < 1.29 is 4.74 Å². The van der Waals surface area contributed by atoms with Crippen molar-refractivity contribution in [3.05, 3.63) is 29.3 Å². The quantitative estimate of drug-likeness (QED) is 0.712. The van der Waals surface area contributed by atoms with Crippen molar-refractivity contribution in [3.8, 4) is 5.75 Å². The summed E-state index contributed by atoms with van der Waals surface area (Å²) in [6.45, 7) is 8.63. The van der Waals surface area contributed by atoms with E-state index in [9.17, 15) is 0 Å². The van der Waals surface area contributed by atoms with Crippen molar-refractivity contribution >= 4 is 0 Å². The number of rotatable bonds is 7. The second-order valence-corrected chi connectivity index (χ2v) is 4.54. The van der Waals surface area contributed by atoms with Gasteiger partial charge in [0, 0.05) is 19.1 Å². The average molecular weight is 236 g/mol. The molecule has 0 heterocycles. The van der Waals surface area contributed by atoms with Crippen LogP contribution in [0.3, 0.4) is 0 Å². The summed E-state index contributed by atoms with van der Waals surface area (Å²) < 4.78 is 5.68. The van der Waals surface area contributed by atoms with Gasteiger partial charge >= 0.3 is 0 Å². The summed E-state index contributed by atoms with van der Waals surface area (Å²) in [6, 6.07) is 6.51. The van der Waals surface area contributed by atoms with Crippen LogP contribution in [0.15, 0.2) is 18.2 Å². The molecule has 0 aromatic heterocycles. The monoisotopic (exact) mass is 236 g/mol. The van der Waals surface area contributed by atoms with Gasteiger partial charge in [-0.05, 0) is 43.5 Å². The summed E-state index contributed by atoms with van der Waals surface area (Å²) in [6.07, 6.45) is 1.00. The number of ether oxygens (including phenoxy) is 1. The van der Waals surface area contributed by atoms with Gasteiger partial charge < -0.3 is 15.8 Å². The van der Waals surface area contributed by atoms with Gasteiger partial charge in [-0.25, -0.2) is 0 Å². The zero-order chi connectivity index (χ0) is 12.7. The minimum absolute atomic E-state index is 0.246. The highest BCUT2D eigenvalue weighted by Crippen LogP contribution is 2.15. The van der Waals surface area contributed by atoms with Crippen LogP contribution in [0.25, 0.3) is 0 Å². The highest BCUT2D eigenvalue weighted by molar-refractivity contribution is 5.32. The molecule has 0 spiro atoms. The molecule has 3 N–H and O–H groups in total. The van der Waals surface area contributed by atoms with Crippen molar-refractivity contribution in [1.82, 2.24) is 5.32 Å². The predicted octanol–water partition coefficient (Wildman–Crippen LogP) is 2.01. The number of nitrogens with one attached hydrogen (secondary N) is 1. The van der Waals surface area contributed by atoms with Gasteiger partial charge in [0.25, 0.3) is 0 Å². The molecule has 96 valence electrons. The van der Waals surface area contributed by atoms with Crippen LogP contribution < -0.4 is 15.8 Å². The van der Waals surface area contributed by atoms with Crippen molar-refractivity contribution in [3.63, 3.8) is 0 Å². The Labute approximate surface area is 104 Å². The van der Waals surface area contributed by atoms with Gasteiger partial charge in [-0.3, -0.25) is 0 Å². The topological polar surface area (TPSA) is 47.3 Å². The van der Waals surface area contributed by atoms with Crippen LogP contribution in [0, 0.1) is 13.8 Å². The lowest BCUT2D eigenvalue weighted by Gasteiger charge is -2.11. The van der Waals surface area contributed by atoms with E-state index >= 15 is 0 Å². The van der Waals surface area contributed by atoms with Crippen molar-refractivity contribution in [2.75, 3.05) is 19.7 Å². The van der Waals surface area contributed by atoms with E-state index in [1.54, 1.807) is 0 Å². The Hall–Kier alpha value is -1.06. The maximum absolute atomic E-state index is 5.80. The van der Waals surface area contributed by atoms with E-state index < -0.39 is 0 Å². The van der Waals surface area contributed by atoms with E-state index in [4.69, 9.17) is 10.5 Å². The van der Waals surface area contributed by atoms with Gasteiger partial charge in [0.1, 0.15) is 12.4 Å². The summed E-state index contributed by atoms with van der Waals surface area (Å²) in [5, 5.41) is 3.29. The molecule has 3 heteroatoms.